The van der Waals surface area contributed by atoms with Crippen molar-refractivity contribution in [3.05, 3.63) is 22.2 Å². The fourth-order valence-electron chi connectivity index (χ4n) is 1.17. The van der Waals surface area contributed by atoms with Crippen molar-refractivity contribution in [1.82, 2.24) is 0 Å². The van der Waals surface area contributed by atoms with Crippen LogP contribution in [0.25, 0.3) is 0 Å². The molecule has 0 amide bonds. The molecule has 3 N–H and O–H groups in total. The minimum atomic E-state index is -0.295. The third-order valence-corrected chi connectivity index (χ3v) is 2.32. The highest BCUT2D eigenvalue weighted by Gasteiger charge is 2.15. The quantitative estimate of drug-likeness (QED) is 0.538. The Morgan fingerprint density at radius 2 is 2.15 bits per heavy atom. The first-order valence-electron chi connectivity index (χ1n) is 3.73. The van der Waals surface area contributed by atoms with Gasteiger partial charge in [-0.1, -0.05) is 11.6 Å². The molecule has 1 aromatic rings. The predicted molar refractivity (Wildman–Crippen MR) is 52.3 cm³/mol. The molecule has 0 fully saturated rings. The highest BCUT2D eigenvalue weighted by atomic mass is 35.5. The maximum Gasteiger partial charge on any atom is 0.165 e. The van der Waals surface area contributed by atoms with E-state index >= 15 is 0 Å². The molecule has 1 aromatic carbocycles. The molecule has 0 heterocycles. The van der Waals surface area contributed by atoms with Crippen LogP contribution in [0.3, 0.4) is 0 Å². The summed E-state index contributed by atoms with van der Waals surface area (Å²) in [6.45, 7) is 3.04. The second-order valence-corrected chi connectivity index (χ2v) is 3.25. The fraction of sp³-hybridized carbons (Fsp3) is 0.222. The molecular formula is C9H10ClNO2. The van der Waals surface area contributed by atoms with Crippen LogP contribution in [0.4, 0.5) is 5.69 Å². The smallest absolute Gasteiger partial charge is 0.165 e. The van der Waals surface area contributed by atoms with Crippen molar-refractivity contribution in [3.8, 4) is 5.75 Å². The van der Waals surface area contributed by atoms with E-state index in [1.165, 1.54) is 13.0 Å². The maximum atomic E-state index is 11.1. The lowest BCUT2D eigenvalue weighted by Gasteiger charge is -2.08. The Balaban J connectivity index is 3.53. The number of nitrogen functional groups attached to an aromatic ring is 1. The monoisotopic (exact) mass is 199 g/mol. The Bertz CT molecular complexity index is 374. The number of halogens is 1. The molecule has 0 saturated carbocycles. The van der Waals surface area contributed by atoms with Gasteiger partial charge < -0.3 is 10.8 Å². The van der Waals surface area contributed by atoms with Crippen LogP contribution in [0.2, 0.25) is 5.02 Å². The zero-order valence-corrected chi connectivity index (χ0v) is 8.14. The van der Waals surface area contributed by atoms with E-state index in [0.29, 0.717) is 10.6 Å². The maximum absolute atomic E-state index is 11.1. The summed E-state index contributed by atoms with van der Waals surface area (Å²) < 4.78 is 0. The van der Waals surface area contributed by atoms with Crippen molar-refractivity contribution in [2.75, 3.05) is 5.73 Å². The summed E-state index contributed by atoms with van der Waals surface area (Å²) in [4.78, 5) is 11.1. The molecular weight excluding hydrogens is 190 g/mol. The number of aryl methyl sites for hydroxylation is 1. The molecule has 0 unspecified atom stereocenters. The number of rotatable bonds is 1. The first-order valence-corrected chi connectivity index (χ1v) is 4.11. The second kappa shape index (κ2) is 3.26. The number of nitrogens with two attached hydrogens (primary N) is 1. The van der Waals surface area contributed by atoms with Crippen LogP contribution in [0, 0.1) is 6.92 Å². The molecule has 13 heavy (non-hydrogen) atoms. The molecule has 0 radical (unpaired) electrons. The summed E-state index contributed by atoms with van der Waals surface area (Å²) in [7, 11) is 0. The number of hydrogen-bond donors (Lipinski definition) is 2. The van der Waals surface area contributed by atoms with Crippen molar-refractivity contribution < 1.29 is 9.90 Å². The Morgan fingerprint density at radius 1 is 1.62 bits per heavy atom. The minimum absolute atomic E-state index is 0.0931. The van der Waals surface area contributed by atoms with Gasteiger partial charge in [-0.05, 0) is 25.5 Å². The highest BCUT2D eigenvalue weighted by molar-refractivity contribution is 6.35. The van der Waals surface area contributed by atoms with E-state index in [0.717, 1.165) is 0 Å². The first kappa shape index (κ1) is 9.86. The van der Waals surface area contributed by atoms with Gasteiger partial charge in [0.15, 0.2) is 5.78 Å². The van der Waals surface area contributed by atoms with Crippen LogP contribution >= 0.6 is 11.6 Å². The Labute approximate surface area is 81.1 Å². The summed E-state index contributed by atoms with van der Waals surface area (Å²) in [6.07, 6.45) is 0. The predicted octanol–water partition coefficient (Wildman–Crippen LogP) is 2.14. The average Bonchev–Trinajstić information content (AvgIpc) is 1.99. The summed E-state index contributed by atoms with van der Waals surface area (Å²) in [6, 6.07) is 1.43. The van der Waals surface area contributed by atoms with Gasteiger partial charge in [0.25, 0.3) is 0 Å². The van der Waals surface area contributed by atoms with E-state index in [-0.39, 0.29) is 22.8 Å². The highest BCUT2D eigenvalue weighted by Crippen LogP contribution is 2.33. The van der Waals surface area contributed by atoms with E-state index in [9.17, 15) is 9.90 Å². The van der Waals surface area contributed by atoms with Crippen LogP contribution in [-0.4, -0.2) is 10.9 Å². The van der Waals surface area contributed by atoms with E-state index in [1.807, 2.05) is 0 Å². The first-order chi connectivity index (χ1) is 5.95. The fourth-order valence-corrected chi connectivity index (χ4v) is 1.32. The average molecular weight is 200 g/mol. The van der Waals surface area contributed by atoms with E-state index < -0.39 is 0 Å². The van der Waals surface area contributed by atoms with Gasteiger partial charge in [0.1, 0.15) is 5.75 Å². The van der Waals surface area contributed by atoms with Gasteiger partial charge in [-0.2, -0.15) is 0 Å². The van der Waals surface area contributed by atoms with Crippen LogP contribution < -0.4 is 5.73 Å². The molecule has 0 aliphatic heterocycles. The summed E-state index contributed by atoms with van der Waals surface area (Å²) in [5, 5.41) is 9.73. The van der Waals surface area contributed by atoms with Crippen molar-refractivity contribution in [2.24, 2.45) is 0 Å². The van der Waals surface area contributed by atoms with Crippen LogP contribution in [0.5, 0.6) is 5.75 Å². The summed E-state index contributed by atoms with van der Waals surface area (Å²) >= 11 is 5.81. The van der Waals surface area contributed by atoms with Crippen molar-refractivity contribution in [1.29, 1.82) is 0 Å². The normalized spacial score (nSPS) is 10.1. The van der Waals surface area contributed by atoms with Gasteiger partial charge in [-0.25, -0.2) is 0 Å². The van der Waals surface area contributed by atoms with Gasteiger partial charge in [-0.3, -0.25) is 4.79 Å². The third-order valence-electron chi connectivity index (χ3n) is 1.81. The molecule has 0 atom stereocenters. The molecule has 0 aliphatic carbocycles. The SMILES string of the molecule is CC(=O)c1c(O)cc(C)c(Cl)c1N. The Morgan fingerprint density at radius 3 is 2.62 bits per heavy atom. The number of anilines is 1. The number of carbonyl (C=O) groups excluding carboxylic acids is 1. The standard InChI is InChI=1S/C9H10ClNO2/c1-4-3-6(13)7(5(2)12)9(11)8(4)10/h3,13H,11H2,1-2H3. The summed E-state index contributed by atoms with van der Waals surface area (Å²) in [5.41, 5.74) is 6.46. The number of phenols is 1. The van der Waals surface area contributed by atoms with E-state index in [1.54, 1.807) is 6.92 Å². The molecule has 4 heteroatoms. The number of ketones is 1. The molecule has 70 valence electrons. The second-order valence-electron chi connectivity index (χ2n) is 2.87. The van der Waals surface area contributed by atoms with Gasteiger partial charge in [0.05, 0.1) is 16.3 Å². The number of benzene rings is 1. The van der Waals surface area contributed by atoms with Crippen LogP contribution in [0.15, 0.2) is 6.07 Å². The van der Waals surface area contributed by atoms with Crippen LogP contribution in [0.1, 0.15) is 22.8 Å². The Hall–Kier alpha value is -1.22. The van der Waals surface area contributed by atoms with Crippen molar-refractivity contribution >= 4 is 23.1 Å². The van der Waals surface area contributed by atoms with Gasteiger partial charge >= 0.3 is 0 Å². The molecule has 0 aliphatic rings. The van der Waals surface area contributed by atoms with Crippen molar-refractivity contribution in [2.45, 2.75) is 13.8 Å². The molecule has 3 nitrogen and oxygen atoms in total. The number of hydrogen-bond acceptors (Lipinski definition) is 3. The largest absolute Gasteiger partial charge is 0.507 e. The van der Waals surface area contributed by atoms with Gasteiger partial charge in [0.2, 0.25) is 0 Å². The number of aromatic hydroxyl groups is 1. The molecule has 0 aromatic heterocycles. The van der Waals surface area contributed by atoms with Crippen molar-refractivity contribution in [3.63, 3.8) is 0 Å². The number of phenolic OH excluding ortho intramolecular Hbond substituents is 1. The minimum Gasteiger partial charge on any atom is -0.507 e. The lowest BCUT2D eigenvalue weighted by molar-refractivity contribution is 0.101. The van der Waals surface area contributed by atoms with E-state index in [2.05, 4.69) is 0 Å². The lowest BCUT2D eigenvalue weighted by atomic mass is 10.1. The lowest BCUT2D eigenvalue weighted by Crippen LogP contribution is -2.01. The topological polar surface area (TPSA) is 63.3 Å². The van der Waals surface area contributed by atoms with Gasteiger partial charge in [0, 0.05) is 0 Å². The van der Waals surface area contributed by atoms with Crippen LogP contribution in [-0.2, 0) is 0 Å². The zero-order chi connectivity index (χ0) is 10.2. The number of carbonyl (C=O) groups is 1. The molecule has 0 spiro atoms. The zero-order valence-electron chi connectivity index (χ0n) is 7.39. The number of Topliss-reactive ketones (excluding diaryl/α,β-unsaturated/α-hetero) is 1. The third kappa shape index (κ3) is 1.60. The van der Waals surface area contributed by atoms with E-state index in [4.69, 9.17) is 17.3 Å². The molecule has 0 bridgehead atoms. The van der Waals surface area contributed by atoms with Gasteiger partial charge in [-0.15, -0.1) is 0 Å². The Kier molecular flexibility index (Phi) is 2.48. The summed E-state index contributed by atoms with van der Waals surface area (Å²) in [5.74, 6) is -0.413. The molecule has 1 rings (SSSR count). The molecule has 0 saturated heterocycles.